The van der Waals surface area contributed by atoms with Crippen LogP contribution in [0.25, 0.3) is 22.3 Å². The van der Waals surface area contributed by atoms with Gasteiger partial charge in [0, 0.05) is 42.9 Å². The van der Waals surface area contributed by atoms with E-state index in [0.717, 1.165) is 30.0 Å². The SMILES string of the molecule is c1cc(-c2c[nH]c3nccc(N4CCCCC4)c23)[nH]n1. The molecule has 1 saturated heterocycles. The molecular weight excluding hydrogens is 250 g/mol. The molecule has 1 fully saturated rings. The zero-order chi connectivity index (χ0) is 13.4. The highest BCUT2D eigenvalue weighted by Gasteiger charge is 2.18. The minimum absolute atomic E-state index is 0.942. The number of pyridine rings is 1. The average molecular weight is 267 g/mol. The first-order chi connectivity index (χ1) is 9.93. The van der Waals surface area contributed by atoms with E-state index in [1.165, 1.54) is 30.3 Å². The summed E-state index contributed by atoms with van der Waals surface area (Å²) in [5.74, 6) is 0. The predicted octanol–water partition coefficient (Wildman–Crippen LogP) is 2.94. The average Bonchev–Trinajstić information content (AvgIpc) is 3.16. The van der Waals surface area contributed by atoms with Crippen LogP contribution in [-0.4, -0.2) is 33.3 Å². The number of hydrogen-bond acceptors (Lipinski definition) is 3. The molecule has 4 heterocycles. The standard InChI is InChI=1S/C15H17N5/c1-2-8-20(9-3-1)13-5-6-16-15-14(13)11(10-17-15)12-4-7-18-19-12/h4-7,10H,1-3,8-9H2,(H,16,17)(H,18,19). The van der Waals surface area contributed by atoms with Crippen molar-refractivity contribution < 1.29 is 0 Å². The maximum absolute atomic E-state index is 4.45. The van der Waals surface area contributed by atoms with Gasteiger partial charge in [-0.25, -0.2) is 4.98 Å². The maximum Gasteiger partial charge on any atom is 0.140 e. The summed E-state index contributed by atoms with van der Waals surface area (Å²) in [6.07, 6.45) is 9.57. The Balaban J connectivity index is 1.89. The van der Waals surface area contributed by atoms with Crippen molar-refractivity contribution in [2.24, 2.45) is 0 Å². The molecule has 0 unspecified atom stereocenters. The number of hydrogen-bond donors (Lipinski definition) is 2. The van der Waals surface area contributed by atoms with Gasteiger partial charge in [0.1, 0.15) is 5.65 Å². The first-order valence-corrected chi connectivity index (χ1v) is 7.14. The van der Waals surface area contributed by atoms with Crippen molar-refractivity contribution >= 4 is 16.7 Å². The minimum atomic E-state index is 0.942. The molecule has 0 atom stereocenters. The highest BCUT2D eigenvalue weighted by atomic mass is 15.1. The molecule has 1 aliphatic rings. The molecule has 2 N–H and O–H groups in total. The first-order valence-electron chi connectivity index (χ1n) is 7.14. The van der Waals surface area contributed by atoms with E-state index in [1.54, 1.807) is 6.20 Å². The topological polar surface area (TPSA) is 60.6 Å². The van der Waals surface area contributed by atoms with Crippen molar-refractivity contribution in [1.82, 2.24) is 20.2 Å². The number of nitrogens with one attached hydrogen (secondary N) is 2. The first kappa shape index (κ1) is 11.5. The van der Waals surface area contributed by atoms with Crippen molar-refractivity contribution in [3.8, 4) is 11.3 Å². The second-order valence-corrected chi connectivity index (χ2v) is 5.27. The third-order valence-corrected chi connectivity index (χ3v) is 4.04. The van der Waals surface area contributed by atoms with Gasteiger partial charge in [0.05, 0.1) is 11.1 Å². The van der Waals surface area contributed by atoms with Crippen LogP contribution in [0.3, 0.4) is 0 Å². The number of fused-ring (bicyclic) bond motifs is 1. The van der Waals surface area contributed by atoms with Crippen molar-refractivity contribution in [3.63, 3.8) is 0 Å². The summed E-state index contributed by atoms with van der Waals surface area (Å²) in [5, 5.41) is 8.29. The molecule has 5 nitrogen and oxygen atoms in total. The van der Waals surface area contributed by atoms with Gasteiger partial charge in [0.15, 0.2) is 0 Å². The monoisotopic (exact) mass is 267 g/mol. The van der Waals surface area contributed by atoms with Gasteiger partial charge in [0.2, 0.25) is 0 Å². The fraction of sp³-hybridized carbons (Fsp3) is 0.333. The molecular formula is C15H17N5. The number of nitrogens with zero attached hydrogens (tertiary/aromatic N) is 3. The molecule has 3 aromatic heterocycles. The lowest BCUT2D eigenvalue weighted by molar-refractivity contribution is 0.579. The highest BCUT2D eigenvalue weighted by Crippen LogP contribution is 2.34. The van der Waals surface area contributed by atoms with Gasteiger partial charge in [-0.2, -0.15) is 5.10 Å². The van der Waals surface area contributed by atoms with Gasteiger partial charge in [-0.3, -0.25) is 5.10 Å². The van der Waals surface area contributed by atoms with Crippen LogP contribution in [0, 0.1) is 0 Å². The normalized spacial score (nSPS) is 15.9. The molecule has 0 radical (unpaired) electrons. The molecule has 5 heteroatoms. The van der Waals surface area contributed by atoms with Crippen LogP contribution in [0.15, 0.2) is 30.7 Å². The molecule has 0 spiro atoms. The van der Waals surface area contributed by atoms with Crippen LogP contribution in [0.5, 0.6) is 0 Å². The smallest absolute Gasteiger partial charge is 0.140 e. The molecule has 102 valence electrons. The summed E-state index contributed by atoms with van der Waals surface area (Å²) in [5.41, 5.74) is 4.40. The summed E-state index contributed by atoms with van der Waals surface area (Å²) >= 11 is 0. The summed E-state index contributed by atoms with van der Waals surface area (Å²) in [6.45, 7) is 2.26. The lowest BCUT2D eigenvalue weighted by atomic mass is 10.1. The maximum atomic E-state index is 4.45. The van der Waals surface area contributed by atoms with E-state index in [2.05, 4.69) is 31.1 Å². The predicted molar refractivity (Wildman–Crippen MR) is 79.7 cm³/mol. The third kappa shape index (κ3) is 1.78. The second-order valence-electron chi connectivity index (χ2n) is 5.27. The molecule has 0 saturated carbocycles. The fourth-order valence-electron chi connectivity index (χ4n) is 3.06. The number of piperidine rings is 1. The van der Waals surface area contributed by atoms with Crippen LogP contribution in [0.2, 0.25) is 0 Å². The summed E-state index contributed by atoms with van der Waals surface area (Å²) in [6, 6.07) is 4.12. The van der Waals surface area contributed by atoms with Gasteiger partial charge in [-0.1, -0.05) is 0 Å². The van der Waals surface area contributed by atoms with Gasteiger partial charge in [-0.15, -0.1) is 0 Å². The van der Waals surface area contributed by atoms with E-state index in [4.69, 9.17) is 0 Å². The number of rotatable bonds is 2. The summed E-state index contributed by atoms with van der Waals surface area (Å²) < 4.78 is 0. The molecule has 0 aliphatic carbocycles. The van der Waals surface area contributed by atoms with Crippen molar-refractivity contribution in [1.29, 1.82) is 0 Å². The minimum Gasteiger partial charge on any atom is -0.371 e. The van der Waals surface area contributed by atoms with Crippen LogP contribution in [-0.2, 0) is 0 Å². The van der Waals surface area contributed by atoms with E-state index >= 15 is 0 Å². The Morgan fingerprint density at radius 1 is 1.05 bits per heavy atom. The Kier molecular flexibility index (Phi) is 2.69. The van der Waals surface area contributed by atoms with E-state index in [0.29, 0.717) is 0 Å². The van der Waals surface area contributed by atoms with Gasteiger partial charge < -0.3 is 9.88 Å². The van der Waals surface area contributed by atoms with Crippen LogP contribution >= 0.6 is 0 Å². The number of aromatic amines is 2. The van der Waals surface area contributed by atoms with Gasteiger partial charge in [0.25, 0.3) is 0 Å². The zero-order valence-electron chi connectivity index (χ0n) is 11.3. The summed E-state index contributed by atoms with van der Waals surface area (Å²) in [4.78, 5) is 10.2. The van der Waals surface area contributed by atoms with E-state index in [-0.39, 0.29) is 0 Å². The number of anilines is 1. The Morgan fingerprint density at radius 3 is 2.75 bits per heavy atom. The highest BCUT2D eigenvalue weighted by molar-refractivity contribution is 6.01. The van der Waals surface area contributed by atoms with Crippen LogP contribution < -0.4 is 4.90 Å². The van der Waals surface area contributed by atoms with E-state index < -0.39 is 0 Å². The molecule has 0 bridgehead atoms. The zero-order valence-corrected chi connectivity index (χ0v) is 11.3. The molecule has 0 aromatic carbocycles. The van der Waals surface area contributed by atoms with Crippen molar-refractivity contribution in [3.05, 3.63) is 30.7 Å². The fourth-order valence-corrected chi connectivity index (χ4v) is 3.06. The molecule has 20 heavy (non-hydrogen) atoms. The molecule has 1 aliphatic heterocycles. The Morgan fingerprint density at radius 2 is 1.95 bits per heavy atom. The largest absolute Gasteiger partial charge is 0.371 e. The quantitative estimate of drug-likeness (QED) is 0.750. The Hall–Kier alpha value is -2.30. The lowest BCUT2D eigenvalue weighted by Crippen LogP contribution is -2.29. The van der Waals surface area contributed by atoms with Crippen molar-refractivity contribution in [2.45, 2.75) is 19.3 Å². The van der Waals surface area contributed by atoms with E-state index in [1.807, 2.05) is 18.5 Å². The number of H-pyrrole nitrogens is 2. The lowest BCUT2D eigenvalue weighted by Gasteiger charge is -2.29. The van der Waals surface area contributed by atoms with E-state index in [9.17, 15) is 0 Å². The number of aromatic nitrogens is 4. The molecule has 4 rings (SSSR count). The second kappa shape index (κ2) is 4.67. The molecule has 3 aromatic rings. The molecule has 0 amide bonds. The Bertz CT molecular complexity index is 707. The third-order valence-electron chi connectivity index (χ3n) is 4.04. The van der Waals surface area contributed by atoms with Gasteiger partial charge in [-0.05, 0) is 31.4 Å². The summed E-state index contributed by atoms with van der Waals surface area (Å²) in [7, 11) is 0. The Labute approximate surface area is 117 Å². The van der Waals surface area contributed by atoms with Crippen LogP contribution in [0.4, 0.5) is 5.69 Å². The van der Waals surface area contributed by atoms with Gasteiger partial charge >= 0.3 is 0 Å². The van der Waals surface area contributed by atoms with Crippen molar-refractivity contribution in [2.75, 3.05) is 18.0 Å². The van der Waals surface area contributed by atoms with Crippen LogP contribution in [0.1, 0.15) is 19.3 Å².